The summed E-state index contributed by atoms with van der Waals surface area (Å²) < 4.78 is 0. The van der Waals surface area contributed by atoms with Crippen LogP contribution in [-0.4, -0.2) is 15.0 Å². The first-order valence-electron chi connectivity index (χ1n) is 13.3. The van der Waals surface area contributed by atoms with Gasteiger partial charge in [0.15, 0.2) is 5.82 Å². The molecular formula is C36H27N3. The molecule has 0 amide bonds. The minimum absolute atomic E-state index is 0.0208. The Morgan fingerprint density at radius 1 is 0.462 bits per heavy atom. The Morgan fingerprint density at radius 2 is 1.05 bits per heavy atom. The lowest BCUT2D eigenvalue weighted by molar-refractivity contribution is 0.660. The van der Waals surface area contributed by atoms with Crippen LogP contribution in [0.3, 0.4) is 0 Å². The molecule has 0 spiro atoms. The van der Waals surface area contributed by atoms with E-state index in [1.165, 1.54) is 22.3 Å². The first-order chi connectivity index (χ1) is 19.1. The molecule has 0 N–H and O–H groups in total. The van der Waals surface area contributed by atoms with E-state index in [0.717, 1.165) is 39.2 Å². The van der Waals surface area contributed by atoms with Gasteiger partial charge in [-0.05, 0) is 57.6 Å². The first-order valence-corrected chi connectivity index (χ1v) is 13.3. The molecule has 3 nitrogen and oxygen atoms in total. The van der Waals surface area contributed by atoms with Crippen molar-refractivity contribution in [2.75, 3.05) is 0 Å². The van der Waals surface area contributed by atoms with E-state index in [1.54, 1.807) is 0 Å². The van der Waals surface area contributed by atoms with Gasteiger partial charge in [-0.1, -0.05) is 105 Å². The van der Waals surface area contributed by atoms with Gasteiger partial charge in [0.1, 0.15) is 0 Å². The SMILES string of the molecule is CC1(C)c2ccccc2-c2cc(-c3cc(-c4ccccc4)nc(-c4ccc(-c5ccncc5)cc4)n3)ccc21. The maximum Gasteiger partial charge on any atom is 0.160 e. The summed E-state index contributed by atoms with van der Waals surface area (Å²) in [4.78, 5) is 14.2. The van der Waals surface area contributed by atoms with E-state index in [2.05, 4.69) is 116 Å². The molecule has 186 valence electrons. The van der Waals surface area contributed by atoms with Gasteiger partial charge in [-0.3, -0.25) is 4.98 Å². The third-order valence-electron chi connectivity index (χ3n) is 7.83. The van der Waals surface area contributed by atoms with Crippen LogP contribution >= 0.6 is 0 Å². The lowest BCUT2D eigenvalue weighted by Gasteiger charge is -2.21. The Morgan fingerprint density at radius 3 is 1.82 bits per heavy atom. The number of hydrogen-bond donors (Lipinski definition) is 0. The fraction of sp³-hybridized carbons (Fsp3) is 0.0833. The molecule has 39 heavy (non-hydrogen) atoms. The summed E-state index contributed by atoms with van der Waals surface area (Å²) in [5.41, 5.74) is 12.6. The van der Waals surface area contributed by atoms with Gasteiger partial charge in [-0.2, -0.15) is 0 Å². The molecule has 0 bridgehead atoms. The van der Waals surface area contributed by atoms with Gasteiger partial charge in [0.25, 0.3) is 0 Å². The normalized spacial score (nSPS) is 13.1. The zero-order valence-corrected chi connectivity index (χ0v) is 22.0. The van der Waals surface area contributed by atoms with Crippen molar-refractivity contribution in [3.63, 3.8) is 0 Å². The van der Waals surface area contributed by atoms with Crippen LogP contribution in [0.15, 0.2) is 128 Å². The molecule has 0 saturated carbocycles. The molecule has 2 aromatic heterocycles. The fourth-order valence-corrected chi connectivity index (χ4v) is 5.72. The molecule has 2 heterocycles. The maximum absolute atomic E-state index is 5.10. The third-order valence-corrected chi connectivity index (χ3v) is 7.83. The Labute approximate surface area is 228 Å². The summed E-state index contributed by atoms with van der Waals surface area (Å²) in [6, 6.07) is 40.5. The smallest absolute Gasteiger partial charge is 0.160 e. The third kappa shape index (κ3) is 4.04. The largest absolute Gasteiger partial charge is 0.265 e. The van der Waals surface area contributed by atoms with Crippen LogP contribution in [0.1, 0.15) is 25.0 Å². The van der Waals surface area contributed by atoms with Crippen LogP contribution in [0.4, 0.5) is 0 Å². The van der Waals surface area contributed by atoms with Gasteiger partial charge in [0.05, 0.1) is 11.4 Å². The summed E-state index contributed by atoms with van der Waals surface area (Å²) in [6.45, 7) is 4.62. The number of pyridine rings is 1. The van der Waals surface area contributed by atoms with E-state index in [0.29, 0.717) is 5.82 Å². The van der Waals surface area contributed by atoms with E-state index in [4.69, 9.17) is 9.97 Å². The van der Waals surface area contributed by atoms with Crippen molar-refractivity contribution >= 4 is 0 Å². The van der Waals surface area contributed by atoms with E-state index < -0.39 is 0 Å². The molecule has 3 heteroatoms. The standard InChI is InChI=1S/C36H27N3/c1-36(2)31-11-7-6-10-29(31)30-22-28(16-17-32(30)36)34-23-33(26-8-4-3-5-9-26)38-35(39-34)27-14-12-24(13-15-27)25-18-20-37-21-19-25/h3-23H,1-2H3. The zero-order chi connectivity index (χ0) is 26.4. The van der Waals surface area contributed by atoms with Crippen LogP contribution < -0.4 is 0 Å². The quantitative estimate of drug-likeness (QED) is 0.242. The molecule has 4 aromatic carbocycles. The van der Waals surface area contributed by atoms with Crippen molar-refractivity contribution < 1.29 is 0 Å². The molecular weight excluding hydrogens is 474 g/mol. The van der Waals surface area contributed by atoms with Crippen molar-refractivity contribution in [1.29, 1.82) is 0 Å². The second-order valence-electron chi connectivity index (χ2n) is 10.6. The van der Waals surface area contributed by atoms with Crippen molar-refractivity contribution in [2.24, 2.45) is 0 Å². The first kappa shape index (κ1) is 23.2. The van der Waals surface area contributed by atoms with Crippen LogP contribution in [0, 0.1) is 0 Å². The van der Waals surface area contributed by atoms with E-state index >= 15 is 0 Å². The van der Waals surface area contributed by atoms with Gasteiger partial charge in [-0.25, -0.2) is 9.97 Å². The predicted molar refractivity (Wildman–Crippen MR) is 159 cm³/mol. The van der Waals surface area contributed by atoms with Gasteiger partial charge in [-0.15, -0.1) is 0 Å². The number of hydrogen-bond acceptors (Lipinski definition) is 3. The molecule has 1 aliphatic carbocycles. The zero-order valence-electron chi connectivity index (χ0n) is 22.0. The average Bonchev–Trinajstić information content (AvgIpc) is 3.24. The molecule has 0 aliphatic heterocycles. The lowest BCUT2D eigenvalue weighted by Crippen LogP contribution is -2.14. The van der Waals surface area contributed by atoms with Crippen LogP contribution in [-0.2, 0) is 5.41 Å². The second kappa shape index (κ2) is 9.14. The molecule has 0 unspecified atom stereocenters. The predicted octanol–water partition coefficient (Wildman–Crippen LogP) is 8.85. The average molecular weight is 502 g/mol. The summed E-state index contributed by atoms with van der Waals surface area (Å²) in [7, 11) is 0. The highest BCUT2D eigenvalue weighted by molar-refractivity contribution is 5.84. The number of aromatic nitrogens is 3. The summed E-state index contributed by atoms with van der Waals surface area (Å²) in [5, 5.41) is 0. The topological polar surface area (TPSA) is 38.7 Å². The molecule has 6 aromatic rings. The highest BCUT2D eigenvalue weighted by Gasteiger charge is 2.35. The lowest BCUT2D eigenvalue weighted by atomic mass is 9.82. The minimum Gasteiger partial charge on any atom is -0.265 e. The van der Waals surface area contributed by atoms with Crippen LogP contribution in [0.25, 0.3) is 56.2 Å². The van der Waals surface area contributed by atoms with Crippen molar-refractivity contribution in [2.45, 2.75) is 19.3 Å². The molecule has 0 saturated heterocycles. The van der Waals surface area contributed by atoms with Crippen LogP contribution in [0.2, 0.25) is 0 Å². The van der Waals surface area contributed by atoms with Crippen LogP contribution in [0.5, 0.6) is 0 Å². The molecule has 0 atom stereocenters. The summed E-state index contributed by atoms with van der Waals surface area (Å²) in [6.07, 6.45) is 3.64. The van der Waals surface area contributed by atoms with Gasteiger partial charge >= 0.3 is 0 Å². The molecule has 7 rings (SSSR count). The Hall–Kier alpha value is -4.89. The van der Waals surface area contributed by atoms with E-state index in [-0.39, 0.29) is 5.41 Å². The van der Waals surface area contributed by atoms with E-state index in [1.807, 2.05) is 30.6 Å². The fourth-order valence-electron chi connectivity index (χ4n) is 5.72. The molecule has 1 aliphatic rings. The van der Waals surface area contributed by atoms with Crippen molar-refractivity contribution in [3.8, 4) is 56.2 Å². The molecule has 0 radical (unpaired) electrons. The number of nitrogens with zero attached hydrogens (tertiary/aromatic N) is 3. The van der Waals surface area contributed by atoms with Crippen molar-refractivity contribution in [3.05, 3.63) is 139 Å². The summed E-state index contributed by atoms with van der Waals surface area (Å²) in [5.74, 6) is 0.717. The second-order valence-corrected chi connectivity index (χ2v) is 10.6. The van der Waals surface area contributed by atoms with Gasteiger partial charge in [0, 0.05) is 34.5 Å². The highest BCUT2D eigenvalue weighted by atomic mass is 14.9. The van der Waals surface area contributed by atoms with E-state index in [9.17, 15) is 0 Å². The van der Waals surface area contributed by atoms with Crippen molar-refractivity contribution in [1.82, 2.24) is 15.0 Å². The Balaban J connectivity index is 1.36. The highest BCUT2D eigenvalue weighted by Crippen LogP contribution is 2.49. The van der Waals surface area contributed by atoms with Gasteiger partial charge < -0.3 is 0 Å². The monoisotopic (exact) mass is 501 g/mol. The molecule has 0 fully saturated rings. The summed E-state index contributed by atoms with van der Waals surface area (Å²) >= 11 is 0. The van der Waals surface area contributed by atoms with Gasteiger partial charge in [0.2, 0.25) is 0 Å². The number of benzene rings is 4. The Bertz CT molecular complexity index is 1810. The minimum atomic E-state index is -0.0208. The number of fused-ring (bicyclic) bond motifs is 3. The maximum atomic E-state index is 5.10. The Kier molecular flexibility index (Phi) is 5.45. The number of rotatable bonds is 4.